The molecule has 0 saturated carbocycles. The molecule has 0 fully saturated rings. The van der Waals surface area contributed by atoms with Gasteiger partial charge in [0.1, 0.15) is 11.5 Å². The van der Waals surface area contributed by atoms with Crippen LogP contribution in [0.15, 0.2) is 48.5 Å². The van der Waals surface area contributed by atoms with E-state index in [1.165, 1.54) is 18.2 Å². The molecule has 0 spiro atoms. The number of carbonyl (C=O) groups is 2. The van der Waals surface area contributed by atoms with Gasteiger partial charge in [-0.3, -0.25) is 14.3 Å². The number of aromatic nitrogens is 3. The van der Waals surface area contributed by atoms with E-state index >= 15 is 0 Å². The molecular weight excluding hydrogens is 423 g/mol. The first kappa shape index (κ1) is 21.6. The molecule has 0 aliphatic rings. The largest absolute Gasteiger partial charge is 0.366 e. The van der Waals surface area contributed by atoms with Gasteiger partial charge in [-0.25, -0.2) is 9.37 Å². The van der Waals surface area contributed by atoms with Crippen LogP contribution in [0.1, 0.15) is 43.4 Å². The third kappa shape index (κ3) is 4.14. The normalized spacial score (nSPS) is 10.7. The molecule has 3 N–H and O–H groups in total. The number of nitrogens with two attached hydrogens (primary N) is 1. The Kier molecular flexibility index (Phi) is 5.58. The molecule has 2 aromatic carbocycles. The van der Waals surface area contributed by atoms with Gasteiger partial charge in [0.05, 0.1) is 46.3 Å². The summed E-state index contributed by atoms with van der Waals surface area (Å²) < 4.78 is 15.3. The number of amides is 2. The van der Waals surface area contributed by atoms with Crippen LogP contribution in [0.2, 0.25) is 0 Å². The SMILES string of the molecule is Cc1nn(Cc2ccccc2C#N)c(C)c1NC(=O)c1cc(C(N)=O)c2cc(F)ccc2n1. The van der Waals surface area contributed by atoms with E-state index in [1.807, 2.05) is 12.1 Å². The number of hydrogen-bond donors (Lipinski definition) is 2. The van der Waals surface area contributed by atoms with Crippen molar-refractivity contribution in [2.24, 2.45) is 5.73 Å². The second-order valence-electron chi connectivity index (χ2n) is 7.51. The number of benzene rings is 2. The Hall–Kier alpha value is -4.58. The number of fused-ring (bicyclic) bond motifs is 1. The standard InChI is InChI=1S/C24H19FN6O2/c1-13-22(14(2)31(30-13)12-16-6-4-3-5-15(16)11-26)29-24(33)21-10-19(23(27)32)18-9-17(25)7-8-20(18)28-21/h3-10H,12H2,1-2H3,(H2,27,32)(H,29,33). The first-order chi connectivity index (χ1) is 15.8. The molecule has 2 amide bonds. The first-order valence-electron chi connectivity index (χ1n) is 10.0. The molecular formula is C24H19FN6O2. The summed E-state index contributed by atoms with van der Waals surface area (Å²) >= 11 is 0. The molecule has 164 valence electrons. The van der Waals surface area contributed by atoms with E-state index in [0.29, 0.717) is 29.2 Å². The van der Waals surface area contributed by atoms with Gasteiger partial charge in [-0.2, -0.15) is 10.4 Å². The highest BCUT2D eigenvalue weighted by Crippen LogP contribution is 2.24. The number of nitrogens with one attached hydrogen (secondary N) is 1. The smallest absolute Gasteiger partial charge is 0.274 e. The van der Waals surface area contributed by atoms with Crippen molar-refractivity contribution in [3.05, 3.63) is 88.1 Å². The third-order valence-corrected chi connectivity index (χ3v) is 5.35. The van der Waals surface area contributed by atoms with E-state index in [9.17, 15) is 19.2 Å². The molecule has 0 aliphatic carbocycles. The number of hydrogen-bond acceptors (Lipinski definition) is 5. The number of pyridine rings is 1. The molecule has 8 nitrogen and oxygen atoms in total. The quantitative estimate of drug-likeness (QED) is 0.489. The molecule has 2 heterocycles. The zero-order valence-electron chi connectivity index (χ0n) is 17.9. The Morgan fingerprint density at radius 2 is 1.94 bits per heavy atom. The van der Waals surface area contributed by atoms with Crippen LogP contribution in [-0.4, -0.2) is 26.6 Å². The molecule has 4 rings (SSSR count). The summed E-state index contributed by atoms with van der Waals surface area (Å²) in [6, 6.07) is 14.4. The van der Waals surface area contributed by atoms with Gasteiger partial charge in [-0.05, 0) is 49.7 Å². The van der Waals surface area contributed by atoms with E-state index in [4.69, 9.17) is 5.73 Å². The molecule has 0 atom stereocenters. The maximum atomic E-state index is 13.6. The number of anilines is 1. The van der Waals surface area contributed by atoms with Crippen LogP contribution in [0.5, 0.6) is 0 Å². The second-order valence-corrected chi connectivity index (χ2v) is 7.51. The van der Waals surface area contributed by atoms with Crippen LogP contribution in [0.4, 0.5) is 10.1 Å². The number of primary amides is 1. The molecule has 33 heavy (non-hydrogen) atoms. The highest BCUT2D eigenvalue weighted by atomic mass is 19.1. The summed E-state index contributed by atoms with van der Waals surface area (Å²) in [6.45, 7) is 3.91. The van der Waals surface area contributed by atoms with Crippen molar-refractivity contribution in [1.82, 2.24) is 14.8 Å². The molecule has 4 aromatic rings. The minimum Gasteiger partial charge on any atom is -0.366 e. The average Bonchev–Trinajstić information content (AvgIpc) is 3.05. The molecule has 0 saturated heterocycles. The molecule has 0 radical (unpaired) electrons. The van der Waals surface area contributed by atoms with Crippen molar-refractivity contribution in [2.45, 2.75) is 20.4 Å². The Labute approximate surface area is 188 Å². The fourth-order valence-electron chi connectivity index (χ4n) is 3.66. The molecule has 9 heteroatoms. The van der Waals surface area contributed by atoms with Crippen LogP contribution >= 0.6 is 0 Å². The summed E-state index contributed by atoms with van der Waals surface area (Å²) in [5.74, 6) is -1.90. The molecule has 0 unspecified atom stereocenters. The number of halogens is 1. The van der Waals surface area contributed by atoms with Crippen molar-refractivity contribution < 1.29 is 14.0 Å². The molecule has 0 aliphatic heterocycles. The van der Waals surface area contributed by atoms with Gasteiger partial charge in [0, 0.05) is 5.39 Å². The first-order valence-corrected chi connectivity index (χ1v) is 10.0. The van der Waals surface area contributed by atoms with E-state index in [0.717, 1.165) is 11.6 Å². The van der Waals surface area contributed by atoms with Crippen molar-refractivity contribution in [3.8, 4) is 6.07 Å². The Morgan fingerprint density at radius 3 is 2.67 bits per heavy atom. The Bertz CT molecular complexity index is 1470. The molecule has 0 bridgehead atoms. The predicted octanol–water partition coefficient (Wildman–Crippen LogP) is 3.46. The monoisotopic (exact) mass is 442 g/mol. The summed E-state index contributed by atoms with van der Waals surface area (Å²) in [6.07, 6.45) is 0. The van der Waals surface area contributed by atoms with Crippen LogP contribution in [0, 0.1) is 31.0 Å². The van der Waals surface area contributed by atoms with Gasteiger partial charge >= 0.3 is 0 Å². The topological polar surface area (TPSA) is 127 Å². The number of carbonyl (C=O) groups excluding carboxylic acids is 2. The highest BCUT2D eigenvalue weighted by molar-refractivity contribution is 6.10. The van der Waals surface area contributed by atoms with Gasteiger partial charge in [0.15, 0.2) is 0 Å². The average molecular weight is 442 g/mol. The third-order valence-electron chi connectivity index (χ3n) is 5.35. The van der Waals surface area contributed by atoms with Crippen molar-refractivity contribution in [1.29, 1.82) is 5.26 Å². The molecule has 2 aromatic heterocycles. The van der Waals surface area contributed by atoms with Crippen LogP contribution in [-0.2, 0) is 6.54 Å². The van der Waals surface area contributed by atoms with Crippen LogP contribution < -0.4 is 11.1 Å². The van der Waals surface area contributed by atoms with Gasteiger partial charge in [0.25, 0.3) is 5.91 Å². The summed E-state index contributed by atoms with van der Waals surface area (Å²) in [4.78, 5) is 29.2. The zero-order chi connectivity index (χ0) is 23.7. The highest BCUT2D eigenvalue weighted by Gasteiger charge is 2.19. The lowest BCUT2D eigenvalue weighted by atomic mass is 10.1. The summed E-state index contributed by atoms with van der Waals surface area (Å²) in [5.41, 5.74) is 8.79. The zero-order valence-corrected chi connectivity index (χ0v) is 17.9. The predicted molar refractivity (Wildman–Crippen MR) is 120 cm³/mol. The van der Waals surface area contributed by atoms with Crippen molar-refractivity contribution in [3.63, 3.8) is 0 Å². The van der Waals surface area contributed by atoms with Crippen molar-refractivity contribution >= 4 is 28.4 Å². The number of nitriles is 1. The number of rotatable bonds is 5. The fourth-order valence-corrected chi connectivity index (χ4v) is 3.66. The second kappa shape index (κ2) is 8.51. The Morgan fingerprint density at radius 1 is 1.18 bits per heavy atom. The minimum atomic E-state index is -0.793. The van der Waals surface area contributed by atoms with E-state index in [-0.39, 0.29) is 22.2 Å². The lowest BCUT2D eigenvalue weighted by Crippen LogP contribution is -2.18. The number of aryl methyl sites for hydroxylation is 1. The fraction of sp³-hybridized carbons (Fsp3) is 0.125. The minimum absolute atomic E-state index is 0.00176. The van der Waals surface area contributed by atoms with Crippen molar-refractivity contribution in [2.75, 3.05) is 5.32 Å². The van der Waals surface area contributed by atoms with Gasteiger partial charge in [-0.1, -0.05) is 18.2 Å². The van der Waals surface area contributed by atoms with E-state index in [2.05, 4.69) is 21.5 Å². The maximum absolute atomic E-state index is 13.6. The van der Waals surface area contributed by atoms with E-state index < -0.39 is 17.6 Å². The number of nitrogens with zero attached hydrogens (tertiary/aromatic N) is 4. The van der Waals surface area contributed by atoms with Gasteiger partial charge in [-0.15, -0.1) is 0 Å². The van der Waals surface area contributed by atoms with Crippen LogP contribution in [0.3, 0.4) is 0 Å². The van der Waals surface area contributed by atoms with E-state index in [1.54, 1.807) is 30.7 Å². The lowest BCUT2D eigenvalue weighted by molar-refractivity contribution is 0.100. The van der Waals surface area contributed by atoms with Gasteiger partial charge < -0.3 is 11.1 Å². The maximum Gasteiger partial charge on any atom is 0.274 e. The lowest BCUT2D eigenvalue weighted by Gasteiger charge is -2.10. The summed E-state index contributed by atoms with van der Waals surface area (Å²) in [5, 5.41) is 16.8. The van der Waals surface area contributed by atoms with Crippen LogP contribution in [0.25, 0.3) is 10.9 Å². The van der Waals surface area contributed by atoms with Gasteiger partial charge in [0.2, 0.25) is 5.91 Å². The summed E-state index contributed by atoms with van der Waals surface area (Å²) in [7, 11) is 0. The Balaban J connectivity index is 1.67.